The summed E-state index contributed by atoms with van der Waals surface area (Å²) in [4.78, 5) is 24.6. The standard InChI is InChI=1S/C17H13FO4S/c18-12-5-3-11(4-6-12)10-13(15-2-1-9-23-15)16(19)22-14-7-8-21-17(14)20/h1-6,9-10,14H,7-8H2. The molecule has 23 heavy (non-hydrogen) atoms. The first-order valence-electron chi connectivity index (χ1n) is 7.02. The SMILES string of the molecule is O=C(OC1CCOC1=O)C(=Cc1ccc(F)cc1)c1cccs1. The highest BCUT2D eigenvalue weighted by Crippen LogP contribution is 2.26. The van der Waals surface area contributed by atoms with Crippen molar-refractivity contribution in [1.82, 2.24) is 0 Å². The van der Waals surface area contributed by atoms with Gasteiger partial charge in [0.05, 0.1) is 12.2 Å². The van der Waals surface area contributed by atoms with E-state index in [9.17, 15) is 14.0 Å². The molecular weight excluding hydrogens is 319 g/mol. The maximum atomic E-state index is 13.0. The minimum absolute atomic E-state index is 0.257. The van der Waals surface area contributed by atoms with Crippen molar-refractivity contribution in [1.29, 1.82) is 0 Å². The zero-order chi connectivity index (χ0) is 16.2. The number of carbonyl (C=O) groups excluding carboxylic acids is 2. The third kappa shape index (κ3) is 3.65. The monoisotopic (exact) mass is 332 g/mol. The molecule has 1 aromatic heterocycles. The Morgan fingerprint density at radius 2 is 2.09 bits per heavy atom. The molecule has 1 aromatic carbocycles. The summed E-state index contributed by atoms with van der Waals surface area (Å²) in [6.45, 7) is 0.257. The summed E-state index contributed by atoms with van der Waals surface area (Å²) in [5.74, 6) is -1.47. The van der Waals surface area contributed by atoms with Crippen molar-refractivity contribution >= 4 is 34.9 Å². The van der Waals surface area contributed by atoms with Crippen LogP contribution in [-0.4, -0.2) is 24.6 Å². The lowest BCUT2D eigenvalue weighted by Crippen LogP contribution is -2.23. The molecule has 1 aliphatic heterocycles. The van der Waals surface area contributed by atoms with Crippen molar-refractivity contribution in [3.8, 4) is 0 Å². The molecule has 0 radical (unpaired) electrons. The van der Waals surface area contributed by atoms with Gasteiger partial charge in [-0.1, -0.05) is 18.2 Å². The molecule has 2 aromatic rings. The Balaban J connectivity index is 1.88. The Labute approximate surface area is 136 Å². The molecule has 1 unspecified atom stereocenters. The highest BCUT2D eigenvalue weighted by molar-refractivity contribution is 7.11. The molecule has 118 valence electrons. The Morgan fingerprint density at radius 3 is 2.70 bits per heavy atom. The summed E-state index contributed by atoms with van der Waals surface area (Å²) < 4.78 is 23.1. The number of thiophene rings is 1. The number of benzene rings is 1. The van der Waals surface area contributed by atoms with Crippen LogP contribution in [-0.2, 0) is 19.1 Å². The number of ether oxygens (including phenoxy) is 2. The topological polar surface area (TPSA) is 52.6 Å². The number of halogens is 1. The van der Waals surface area contributed by atoms with Crippen LogP contribution < -0.4 is 0 Å². The molecule has 3 rings (SSSR count). The minimum Gasteiger partial charge on any atom is -0.463 e. The van der Waals surface area contributed by atoms with Gasteiger partial charge < -0.3 is 9.47 Å². The number of esters is 2. The van der Waals surface area contributed by atoms with E-state index in [1.165, 1.54) is 23.5 Å². The maximum absolute atomic E-state index is 13.0. The molecule has 0 bridgehead atoms. The van der Waals surface area contributed by atoms with E-state index in [1.807, 2.05) is 11.4 Å². The molecule has 0 N–H and O–H groups in total. The summed E-state index contributed by atoms with van der Waals surface area (Å²) in [5, 5.41) is 1.84. The normalized spacial score (nSPS) is 17.9. The van der Waals surface area contributed by atoms with E-state index < -0.39 is 18.0 Å². The summed E-state index contributed by atoms with van der Waals surface area (Å²) >= 11 is 1.38. The molecule has 0 aliphatic carbocycles. The zero-order valence-corrected chi connectivity index (χ0v) is 12.8. The average molecular weight is 332 g/mol. The van der Waals surface area contributed by atoms with Gasteiger partial charge in [0.1, 0.15) is 5.82 Å². The highest BCUT2D eigenvalue weighted by atomic mass is 32.1. The minimum atomic E-state index is -0.862. The van der Waals surface area contributed by atoms with Crippen LogP contribution in [0.3, 0.4) is 0 Å². The molecule has 1 fully saturated rings. The third-order valence-corrected chi connectivity index (χ3v) is 4.23. The Morgan fingerprint density at radius 1 is 1.30 bits per heavy atom. The predicted octanol–water partition coefficient (Wildman–Crippen LogP) is 3.29. The van der Waals surface area contributed by atoms with E-state index in [-0.39, 0.29) is 12.4 Å². The molecule has 2 heterocycles. The lowest BCUT2D eigenvalue weighted by molar-refractivity contribution is -0.156. The van der Waals surface area contributed by atoms with E-state index in [0.29, 0.717) is 22.4 Å². The third-order valence-electron chi connectivity index (χ3n) is 3.32. The van der Waals surface area contributed by atoms with Crippen LogP contribution in [0.2, 0.25) is 0 Å². The van der Waals surface area contributed by atoms with Gasteiger partial charge >= 0.3 is 11.9 Å². The molecule has 4 nitrogen and oxygen atoms in total. The van der Waals surface area contributed by atoms with E-state index in [2.05, 4.69) is 0 Å². The van der Waals surface area contributed by atoms with Gasteiger partial charge in [0.25, 0.3) is 0 Å². The van der Waals surface area contributed by atoms with Crippen molar-refractivity contribution in [2.75, 3.05) is 6.61 Å². The molecule has 1 aliphatic rings. The fourth-order valence-corrected chi connectivity index (χ4v) is 2.90. The Kier molecular flexibility index (Phi) is 4.52. The number of carbonyl (C=O) groups is 2. The second-order valence-corrected chi connectivity index (χ2v) is 5.88. The van der Waals surface area contributed by atoms with Gasteiger partial charge in [-0.05, 0) is 35.2 Å². The maximum Gasteiger partial charge on any atom is 0.347 e. The first-order chi connectivity index (χ1) is 11.1. The van der Waals surface area contributed by atoms with Gasteiger partial charge in [0, 0.05) is 11.3 Å². The molecule has 0 amide bonds. The van der Waals surface area contributed by atoms with E-state index in [4.69, 9.17) is 9.47 Å². The molecule has 1 atom stereocenters. The van der Waals surface area contributed by atoms with Crippen LogP contribution in [0.4, 0.5) is 4.39 Å². The second-order valence-electron chi connectivity index (χ2n) is 4.94. The quantitative estimate of drug-likeness (QED) is 0.637. The lowest BCUT2D eigenvalue weighted by atomic mass is 10.1. The van der Waals surface area contributed by atoms with Crippen LogP contribution in [0.5, 0.6) is 0 Å². The molecule has 1 saturated heterocycles. The van der Waals surface area contributed by atoms with Gasteiger partial charge in [0.15, 0.2) is 0 Å². The first kappa shape index (κ1) is 15.4. The van der Waals surface area contributed by atoms with Gasteiger partial charge in [0.2, 0.25) is 6.10 Å². The molecule has 6 heteroatoms. The van der Waals surface area contributed by atoms with Crippen molar-refractivity contribution in [3.05, 3.63) is 58.0 Å². The van der Waals surface area contributed by atoms with Crippen molar-refractivity contribution < 1.29 is 23.5 Å². The van der Waals surface area contributed by atoms with E-state index >= 15 is 0 Å². The Hall–Kier alpha value is -2.47. The van der Waals surface area contributed by atoms with Crippen LogP contribution >= 0.6 is 11.3 Å². The molecule has 0 saturated carbocycles. The van der Waals surface area contributed by atoms with Crippen LogP contribution in [0.25, 0.3) is 11.6 Å². The summed E-state index contributed by atoms with van der Waals surface area (Å²) in [6, 6.07) is 9.37. The largest absolute Gasteiger partial charge is 0.463 e. The summed E-state index contributed by atoms with van der Waals surface area (Å²) in [5.41, 5.74) is 0.993. The smallest absolute Gasteiger partial charge is 0.347 e. The number of hydrogen-bond acceptors (Lipinski definition) is 5. The number of hydrogen-bond donors (Lipinski definition) is 0. The van der Waals surface area contributed by atoms with Crippen molar-refractivity contribution in [2.24, 2.45) is 0 Å². The van der Waals surface area contributed by atoms with E-state index in [0.717, 1.165) is 0 Å². The van der Waals surface area contributed by atoms with Crippen LogP contribution in [0, 0.1) is 5.82 Å². The highest BCUT2D eigenvalue weighted by Gasteiger charge is 2.31. The summed E-state index contributed by atoms with van der Waals surface area (Å²) in [6.07, 6.45) is 1.12. The average Bonchev–Trinajstić information content (AvgIpc) is 3.19. The van der Waals surface area contributed by atoms with Crippen molar-refractivity contribution in [2.45, 2.75) is 12.5 Å². The van der Waals surface area contributed by atoms with Crippen LogP contribution in [0.1, 0.15) is 16.9 Å². The second kappa shape index (κ2) is 6.75. The van der Waals surface area contributed by atoms with E-state index in [1.54, 1.807) is 24.3 Å². The molecular formula is C17H13FO4S. The lowest BCUT2D eigenvalue weighted by Gasteiger charge is -2.10. The fraction of sp³-hybridized carbons (Fsp3) is 0.176. The first-order valence-corrected chi connectivity index (χ1v) is 7.90. The van der Waals surface area contributed by atoms with Gasteiger partial charge in [-0.3, -0.25) is 0 Å². The van der Waals surface area contributed by atoms with Crippen molar-refractivity contribution in [3.63, 3.8) is 0 Å². The molecule has 0 spiro atoms. The number of cyclic esters (lactones) is 1. The Bertz CT molecular complexity index is 734. The van der Waals surface area contributed by atoms with Crippen LogP contribution in [0.15, 0.2) is 41.8 Å². The fourth-order valence-electron chi connectivity index (χ4n) is 2.17. The van der Waals surface area contributed by atoms with Gasteiger partial charge in [-0.15, -0.1) is 11.3 Å². The predicted molar refractivity (Wildman–Crippen MR) is 84.0 cm³/mol. The van der Waals surface area contributed by atoms with Gasteiger partial charge in [-0.2, -0.15) is 0 Å². The summed E-state index contributed by atoms with van der Waals surface area (Å²) in [7, 11) is 0. The number of rotatable bonds is 4. The van der Waals surface area contributed by atoms with Gasteiger partial charge in [-0.25, -0.2) is 14.0 Å². The zero-order valence-electron chi connectivity index (χ0n) is 12.0.